The topological polar surface area (TPSA) is 65.4 Å². The summed E-state index contributed by atoms with van der Waals surface area (Å²) in [5.41, 5.74) is 1.06. The Morgan fingerprint density at radius 2 is 2.10 bits per heavy atom. The molecule has 0 saturated heterocycles. The summed E-state index contributed by atoms with van der Waals surface area (Å²) in [4.78, 5) is 12.2. The number of aromatic nitrogens is 2. The molecule has 1 aliphatic rings. The monoisotopic (exact) mass is 385 g/mol. The van der Waals surface area contributed by atoms with Crippen LogP contribution >= 0.6 is 22.6 Å². The molecule has 0 unspecified atom stereocenters. The van der Waals surface area contributed by atoms with E-state index in [4.69, 9.17) is 9.47 Å². The lowest BCUT2D eigenvalue weighted by Gasteiger charge is -2.18. The molecular weight excluding hydrogens is 373 g/mol. The van der Waals surface area contributed by atoms with E-state index in [1.54, 1.807) is 36.1 Å². The maximum Gasteiger partial charge on any atom is 0.277 e. The number of carbonyl (C=O) groups excluding carboxylic acids is 1. The second-order valence-electron chi connectivity index (χ2n) is 4.31. The summed E-state index contributed by atoms with van der Waals surface area (Å²) >= 11 is 2.08. The minimum atomic E-state index is -0.244. The number of anilines is 1. The number of ether oxygens (including phenoxy) is 2. The number of nitrogens with zero attached hydrogens (tertiary/aromatic N) is 2. The van der Waals surface area contributed by atoms with Crippen LogP contribution in [-0.2, 0) is 7.05 Å². The third kappa shape index (κ3) is 2.58. The standard InChI is InChI=1S/C13H12IN3O3/c1-17-7-9(14)12(16-17)13(18)15-8-2-3-10-11(6-8)20-5-4-19-10/h2-3,6-7H,4-5H2,1H3,(H,15,18). The minimum Gasteiger partial charge on any atom is -0.486 e. The smallest absolute Gasteiger partial charge is 0.277 e. The van der Waals surface area contributed by atoms with Gasteiger partial charge in [0.15, 0.2) is 17.2 Å². The second-order valence-corrected chi connectivity index (χ2v) is 5.47. The summed E-state index contributed by atoms with van der Waals surface area (Å²) in [5, 5.41) is 6.94. The molecule has 0 spiro atoms. The van der Waals surface area contributed by atoms with Crippen molar-refractivity contribution in [3.63, 3.8) is 0 Å². The Hall–Kier alpha value is -1.77. The first-order chi connectivity index (χ1) is 9.63. The SMILES string of the molecule is Cn1cc(I)c(C(=O)Nc2ccc3c(c2)OCCO3)n1. The van der Waals surface area contributed by atoms with Crippen molar-refractivity contribution in [1.82, 2.24) is 9.78 Å². The first-order valence-corrected chi connectivity index (χ1v) is 7.11. The molecule has 1 aromatic carbocycles. The number of nitrogens with one attached hydrogen (secondary N) is 1. The molecular formula is C13H12IN3O3. The zero-order valence-electron chi connectivity index (χ0n) is 10.7. The van der Waals surface area contributed by atoms with Gasteiger partial charge in [-0.05, 0) is 34.7 Å². The Kier molecular flexibility index (Phi) is 3.51. The lowest BCUT2D eigenvalue weighted by molar-refractivity contribution is 0.102. The van der Waals surface area contributed by atoms with Gasteiger partial charge in [-0.1, -0.05) is 0 Å². The molecule has 0 bridgehead atoms. The third-order valence-corrected chi connectivity index (χ3v) is 3.59. The number of halogens is 1. The van der Waals surface area contributed by atoms with E-state index in [1.807, 2.05) is 0 Å². The van der Waals surface area contributed by atoms with Crippen LogP contribution in [0.25, 0.3) is 0 Å². The van der Waals surface area contributed by atoms with Crippen LogP contribution in [0.3, 0.4) is 0 Å². The van der Waals surface area contributed by atoms with Gasteiger partial charge in [0, 0.05) is 25.0 Å². The lowest BCUT2D eigenvalue weighted by atomic mass is 10.2. The third-order valence-electron chi connectivity index (χ3n) is 2.80. The molecule has 3 rings (SSSR count). The van der Waals surface area contributed by atoms with E-state index in [9.17, 15) is 4.79 Å². The average molecular weight is 385 g/mol. The Morgan fingerprint density at radius 1 is 1.35 bits per heavy atom. The van der Waals surface area contributed by atoms with Crippen molar-refractivity contribution in [1.29, 1.82) is 0 Å². The fourth-order valence-electron chi connectivity index (χ4n) is 1.92. The predicted octanol–water partition coefficient (Wildman–Crippen LogP) is 2.05. The van der Waals surface area contributed by atoms with E-state index >= 15 is 0 Å². The molecule has 0 fully saturated rings. The van der Waals surface area contributed by atoms with Crippen molar-refractivity contribution < 1.29 is 14.3 Å². The van der Waals surface area contributed by atoms with Crippen molar-refractivity contribution in [3.05, 3.63) is 33.7 Å². The zero-order chi connectivity index (χ0) is 14.1. The first kappa shape index (κ1) is 13.2. The number of fused-ring (bicyclic) bond motifs is 1. The summed E-state index contributed by atoms with van der Waals surface area (Å²) in [7, 11) is 1.78. The molecule has 0 atom stereocenters. The molecule has 1 aromatic heterocycles. The first-order valence-electron chi connectivity index (χ1n) is 6.03. The molecule has 0 aliphatic carbocycles. The summed E-state index contributed by atoms with van der Waals surface area (Å²) in [6.45, 7) is 1.06. The van der Waals surface area contributed by atoms with Crippen LogP contribution in [0.5, 0.6) is 11.5 Å². The van der Waals surface area contributed by atoms with Crippen LogP contribution < -0.4 is 14.8 Å². The molecule has 0 radical (unpaired) electrons. The predicted molar refractivity (Wildman–Crippen MR) is 81.3 cm³/mol. The largest absolute Gasteiger partial charge is 0.486 e. The summed E-state index contributed by atoms with van der Waals surface area (Å²) in [6.07, 6.45) is 1.79. The summed E-state index contributed by atoms with van der Waals surface area (Å²) in [6, 6.07) is 5.32. The van der Waals surface area contributed by atoms with E-state index in [-0.39, 0.29) is 5.91 Å². The van der Waals surface area contributed by atoms with Crippen LogP contribution in [0.2, 0.25) is 0 Å². The van der Waals surface area contributed by atoms with E-state index in [1.165, 1.54) is 0 Å². The van der Waals surface area contributed by atoms with E-state index < -0.39 is 0 Å². The van der Waals surface area contributed by atoms with Gasteiger partial charge in [0.25, 0.3) is 5.91 Å². The molecule has 1 amide bonds. The molecule has 2 heterocycles. The number of amides is 1. The average Bonchev–Trinajstić information content (AvgIpc) is 2.78. The number of benzene rings is 1. The highest BCUT2D eigenvalue weighted by molar-refractivity contribution is 14.1. The van der Waals surface area contributed by atoms with Crippen molar-refractivity contribution in [2.24, 2.45) is 7.05 Å². The highest BCUT2D eigenvalue weighted by atomic mass is 127. The molecule has 1 aliphatic heterocycles. The van der Waals surface area contributed by atoms with Gasteiger partial charge >= 0.3 is 0 Å². The molecule has 1 N–H and O–H groups in total. The number of carbonyl (C=O) groups is 1. The fourth-order valence-corrected chi connectivity index (χ4v) is 2.68. The Morgan fingerprint density at radius 3 is 2.80 bits per heavy atom. The quantitative estimate of drug-likeness (QED) is 0.804. The second kappa shape index (κ2) is 5.31. The number of hydrogen-bond donors (Lipinski definition) is 1. The van der Waals surface area contributed by atoms with E-state index in [0.717, 1.165) is 3.57 Å². The van der Waals surface area contributed by atoms with Gasteiger partial charge in [-0.2, -0.15) is 5.10 Å². The number of rotatable bonds is 2. The molecule has 7 heteroatoms. The normalized spacial score (nSPS) is 13.1. The van der Waals surface area contributed by atoms with Gasteiger partial charge in [0.1, 0.15) is 13.2 Å². The van der Waals surface area contributed by atoms with Crippen molar-refractivity contribution in [3.8, 4) is 11.5 Å². The van der Waals surface area contributed by atoms with Crippen molar-refractivity contribution in [2.75, 3.05) is 18.5 Å². The minimum absolute atomic E-state index is 0.244. The van der Waals surface area contributed by atoms with Crippen LogP contribution in [0.15, 0.2) is 24.4 Å². The molecule has 20 heavy (non-hydrogen) atoms. The van der Waals surface area contributed by atoms with Crippen LogP contribution in [-0.4, -0.2) is 28.9 Å². The summed E-state index contributed by atoms with van der Waals surface area (Å²) < 4.78 is 13.3. The van der Waals surface area contributed by atoms with Gasteiger partial charge in [-0.15, -0.1) is 0 Å². The van der Waals surface area contributed by atoms with Gasteiger partial charge in [-0.3, -0.25) is 9.48 Å². The molecule has 6 nitrogen and oxygen atoms in total. The van der Waals surface area contributed by atoms with Crippen LogP contribution in [0, 0.1) is 3.57 Å². The van der Waals surface area contributed by atoms with E-state index in [0.29, 0.717) is 36.1 Å². The molecule has 0 saturated carbocycles. The Bertz CT molecular complexity index is 669. The maximum absolute atomic E-state index is 12.2. The molecule has 104 valence electrons. The molecule has 2 aromatic rings. The zero-order valence-corrected chi connectivity index (χ0v) is 12.9. The van der Waals surface area contributed by atoms with Crippen LogP contribution in [0.1, 0.15) is 10.5 Å². The lowest BCUT2D eigenvalue weighted by Crippen LogP contribution is -2.17. The Balaban J connectivity index is 1.81. The van der Waals surface area contributed by atoms with Gasteiger partial charge in [-0.25, -0.2) is 0 Å². The van der Waals surface area contributed by atoms with Crippen molar-refractivity contribution >= 4 is 34.2 Å². The number of hydrogen-bond acceptors (Lipinski definition) is 4. The number of aryl methyl sites for hydroxylation is 1. The summed E-state index contributed by atoms with van der Waals surface area (Å²) in [5.74, 6) is 1.10. The Labute approximate surface area is 129 Å². The van der Waals surface area contributed by atoms with Gasteiger partial charge in [0.2, 0.25) is 0 Å². The van der Waals surface area contributed by atoms with E-state index in [2.05, 4.69) is 33.0 Å². The van der Waals surface area contributed by atoms with Crippen molar-refractivity contribution in [2.45, 2.75) is 0 Å². The van der Waals surface area contributed by atoms with Crippen LogP contribution in [0.4, 0.5) is 5.69 Å². The highest BCUT2D eigenvalue weighted by Crippen LogP contribution is 2.32. The van der Waals surface area contributed by atoms with Gasteiger partial charge < -0.3 is 14.8 Å². The van der Waals surface area contributed by atoms with Gasteiger partial charge in [0.05, 0.1) is 3.57 Å². The maximum atomic E-state index is 12.2. The fraction of sp³-hybridized carbons (Fsp3) is 0.231. The highest BCUT2D eigenvalue weighted by Gasteiger charge is 2.16.